The number of nitrogens with zero attached hydrogens (tertiary/aromatic N) is 3. The van der Waals surface area contributed by atoms with Crippen LogP contribution in [0.15, 0.2) is 96.2 Å². The number of H-pyrrole nitrogens is 1. The van der Waals surface area contributed by atoms with Gasteiger partial charge < -0.3 is 19.2 Å². The Morgan fingerprint density at radius 2 is 1.79 bits per heavy atom. The van der Waals surface area contributed by atoms with Gasteiger partial charge in [-0.15, -0.1) is 0 Å². The lowest BCUT2D eigenvalue weighted by molar-refractivity contribution is -0.386. The van der Waals surface area contributed by atoms with E-state index in [-0.39, 0.29) is 35.0 Å². The number of nitrogens with one attached hydrogen (secondary N) is 2. The van der Waals surface area contributed by atoms with Crippen LogP contribution in [0.5, 0.6) is 17.2 Å². The van der Waals surface area contributed by atoms with Crippen molar-refractivity contribution in [1.82, 2.24) is 19.6 Å². The van der Waals surface area contributed by atoms with Crippen molar-refractivity contribution in [2.24, 2.45) is 11.3 Å². The average Bonchev–Trinajstić information content (AvgIpc) is 3.81. The van der Waals surface area contributed by atoms with E-state index in [4.69, 9.17) is 14.2 Å². The number of likely N-dealkylation sites (tertiary alicyclic amines) is 1. The van der Waals surface area contributed by atoms with Crippen LogP contribution >= 0.6 is 0 Å². The van der Waals surface area contributed by atoms with Crippen LogP contribution in [0, 0.1) is 21.4 Å². The van der Waals surface area contributed by atoms with Crippen LogP contribution in [0.1, 0.15) is 110 Å². The average molecular weight is 858 g/mol. The summed E-state index contributed by atoms with van der Waals surface area (Å²) in [6.07, 6.45) is 17.2. The maximum Gasteiger partial charge on any atom is 0.312 e. The van der Waals surface area contributed by atoms with Crippen molar-refractivity contribution in [3.05, 3.63) is 124 Å². The molecular weight excluding hydrogens is 807 g/mol. The smallest absolute Gasteiger partial charge is 0.312 e. The molecule has 10 rings (SSSR count). The molecule has 3 aliphatic carbocycles. The Kier molecular flexibility index (Phi) is 10.9. The van der Waals surface area contributed by atoms with Gasteiger partial charge in [0, 0.05) is 35.1 Å². The number of fused-ring (bicyclic) bond motifs is 1. The van der Waals surface area contributed by atoms with Crippen LogP contribution < -0.4 is 14.2 Å². The molecule has 0 radical (unpaired) electrons. The van der Waals surface area contributed by atoms with Gasteiger partial charge >= 0.3 is 5.69 Å². The Hall–Kier alpha value is -5.57. The maximum absolute atomic E-state index is 14.0. The molecule has 4 fully saturated rings. The highest BCUT2D eigenvalue weighted by molar-refractivity contribution is 7.90. The van der Waals surface area contributed by atoms with E-state index in [1.165, 1.54) is 48.9 Å². The number of nitro benzene ring substituents is 1. The lowest BCUT2D eigenvalue weighted by atomic mass is 9.69. The number of carbonyl (C=O) groups is 1. The normalized spacial score (nSPS) is 21.6. The maximum atomic E-state index is 14.0. The number of rotatable bonds is 13. The minimum atomic E-state index is -4.57. The third-order valence-electron chi connectivity index (χ3n) is 13.8. The number of allylic oxidation sites excluding steroid dienone is 1. The lowest BCUT2D eigenvalue weighted by Gasteiger charge is -2.46. The molecule has 2 aromatic heterocycles. The molecule has 2 atom stereocenters. The van der Waals surface area contributed by atoms with E-state index in [0.29, 0.717) is 29.4 Å². The Morgan fingerprint density at radius 1 is 0.968 bits per heavy atom. The van der Waals surface area contributed by atoms with Gasteiger partial charge in [0.25, 0.3) is 15.9 Å². The number of carbonyl (C=O) groups excluding carboxylic acids is 1. The summed E-state index contributed by atoms with van der Waals surface area (Å²) in [5, 5.41) is 13.0. The molecular formula is C48H51N5O8S. The fraction of sp³-hybridized carbons (Fsp3) is 0.417. The molecule has 2 unspecified atom stereocenters. The van der Waals surface area contributed by atoms with Crippen LogP contribution in [-0.2, 0) is 14.8 Å². The minimum Gasteiger partial charge on any atom is -0.487 e. The SMILES string of the molecule is O=C(NS(=O)(=O)c1ccc(OCC2CCC3(CC2)COC3)c([N+](=O)[O-])c1)c1ccc(C2=CCC(N3CCCC3c3ccccc3C3CC3)CC2)cc1Oc1cnc2[nH]ccc2c1. The zero-order valence-electron chi connectivity index (χ0n) is 34.6. The van der Waals surface area contributed by atoms with Gasteiger partial charge in [-0.25, -0.2) is 18.1 Å². The third-order valence-corrected chi connectivity index (χ3v) is 15.2. The first-order valence-corrected chi connectivity index (χ1v) is 23.4. The summed E-state index contributed by atoms with van der Waals surface area (Å²) in [4.78, 5) is 35.2. The van der Waals surface area contributed by atoms with Gasteiger partial charge in [-0.3, -0.25) is 19.8 Å². The number of pyridine rings is 1. The standard InChI is InChI=1S/C48H51N5O8S/c54-47(51-62(57,58)38-14-16-44(43(26-38)53(55)56)60-28-31-17-20-48(21-18-31)29-59-30-48)41-15-11-34(25-45(41)61-37-24-35-19-22-49-46(35)50-27-37)32-9-12-36(13-10-32)52-23-3-6-42(52)40-5-2-1-4-39(40)33-7-8-33/h1-2,4-5,9,11,14-16,19,22,24-27,31,33,36,42H,3,6-8,10,12-13,17-18,20-21,23,28-30H2,(H,49,50)(H,51,54). The summed E-state index contributed by atoms with van der Waals surface area (Å²) in [6.45, 7) is 2.95. The van der Waals surface area contributed by atoms with Crippen molar-refractivity contribution in [3.8, 4) is 17.2 Å². The predicted molar refractivity (Wildman–Crippen MR) is 234 cm³/mol. The van der Waals surface area contributed by atoms with E-state index in [9.17, 15) is 23.3 Å². The van der Waals surface area contributed by atoms with E-state index in [1.54, 1.807) is 30.6 Å². The van der Waals surface area contributed by atoms with Crippen molar-refractivity contribution in [2.45, 2.75) is 93.5 Å². The Labute approximate surface area is 361 Å². The monoisotopic (exact) mass is 857 g/mol. The fourth-order valence-corrected chi connectivity index (χ4v) is 11.1. The van der Waals surface area contributed by atoms with Crippen molar-refractivity contribution in [2.75, 3.05) is 26.4 Å². The van der Waals surface area contributed by atoms with Gasteiger partial charge in [-0.1, -0.05) is 36.4 Å². The number of amides is 1. The number of hydrogen-bond acceptors (Lipinski definition) is 10. The summed E-state index contributed by atoms with van der Waals surface area (Å²) in [6, 6.07) is 22.1. The Balaban J connectivity index is 0.870. The first-order valence-electron chi connectivity index (χ1n) is 22.0. The van der Waals surface area contributed by atoms with Crippen molar-refractivity contribution in [3.63, 3.8) is 0 Å². The molecule has 5 aromatic rings. The highest BCUT2D eigenvalue weighted by atomic mass is 32.2. The molecule has 322 valence electrons. The molecule has 2 saturated carbocycles. The summed E-state index contributed by atoms with van der Waals surface area (Å²) in [7, 11) is -4.57. The summed E-state index contributed by atoms with van der Waals surface area (Å²) >= 11 is 0. The van der Waals surface area contributed by atoms with Crippen LogP contribution in [0.3, 0.4) is 0 Å². The van der Waals surface area contributed by atoms with Gasteiger partial charge in [0.15, 0.2) is 5.75 Å². The Morgan fingerprint density at radius 3 is 2.53 bits per heavy atom. The van der Waals surface area contributed by atoms with Crippen molar-refractivity contribution < 1.29 is 32.3 Å². The molecule has 5 aliphatic rings. The van der Waals surface area contributed by atoms with Gasteiger partial charge in [-0.2, -0.15) is 0 Å². The zero-order chi connectivity index (χ0) is 42.4. The number of sulfonamides is 1. The van der Waals surface area contributed by atoms with E-state index >= 15 is 0 Å². The van der Waals surface area contributed by atoms with Crippen molar-refractivity contribution in [1.29, 1.82) is 0 Å². The van der Waals surface area contributed by atoms with Crippen molar-refractivity contribution >= 4 is 38.2 Å². The van der Waals surface area contributed by atoms with E-state index in [1.807, 2.05) is 12.1 Å². The molecule has 1 spiro atoms. The molecule has 1 amide bonds. The number of ether oxygens (including phenoxy) is 3. The third kappa shape index (κ3) is 8.23. The van der Waals surface area contributed by atoms with Gasteiger partial charge in [-0.05, 0) is 148 Å². The van der Waals surface area contributed by atoms with Gasteiger partial charge in [0.2, 0.25) is 0 Å². The lowest BCUT2D eigenvalue weighted by Crippen LogP contribution is -2.45. The minimum absolute atomic E-state index is 0.0192. The van der Waals surface area contributed by atoms with Crippen LogP contribution in [-0.4, -0.2) is 66.5 Å². The highest BCUT2D eigenvalue weighted by Crippen LogP contribution is 2.48. The fourth-order valence-electron chi connectivity index (χ4n) is 10.1. The number of benzene rings is 3. The summed E-state index contributed by atoms with van der Waals surface area (Å²) in [5.74, 6) is 0.497. The number of aromatic nitrogens is 2. The van der Waals surface area contributed by atoms with Gasteiger partial charge in [0.05, 0.1) is 41.4 Å². The summed E-state index contributed by atoms with van der Waals surface area (Å²) < 4.78 is 47.3. The van der Waals surface area contributed by atoms with E-state index in [0.717, 1.165) is 87.3 Å². The topological polar surface area (TPSA) is 166 Å². The number of aromatic amines is 1. The number of nitro groups is 1. The summed E-state index contributed by atoms with van der Waals surface area (Å²) in [5.41, 5.74) is 5.46. The van der Waals surface area contributed by atoms with E-state index < -0.39 is 31.4 Å². The first kappa shape index (κ1) is 40.5. The van der Waals surface area contributed by atoms with Gasteiger partial charge in [0.1, 0.15) is 17.1 Å². The second-order valence-corrected chi connectivity index (χ2v) is 19.6. The van der Waals surface area contributed by atoms with Crippen LogP contribution in [0.25, 0.3) is 16.6 Å². The quantitative estimate of drug-likeness (QED) is 0.0860. The Bertz CT molecular complexity index is 2660. The molecule has 2 N–H and O–H groups in total. The zero-order valence-corrected chi connectivity index (χ0v) is 35.4. The molecule has 14 heteroatoms. The second kappa shape index (κ2) is 16.6. The number of hydrogen-bond donors (Lipinski definition) is 2. The van der Waals surface area contributed by atoms with E-state index in [2.05, 4.69) is 49.9 Å². The molecule has 13 nitrogen and oxygen atoms in total. The molecule has 2 aliphatic heterocycles. The highest BCUT2D eigenvalue weighted by Gasteiger charge is 2.42. The molecule has 4 heterocycles. The van der Waals surface area contributed by atoms with Crippen LogP contribution in [0.2, 0.25) is 0 Å². The predicted octanol–water partition coefficient (Wildman–Crippen LogP) is 9.62. The largest absolute Gasteiger partial charge is 0.487 e. The molecule has 62 heavy (non-hydrogen) atoms. The molecule has 2 saturated heterocycles. The first-order chi connectivity index (χ1) is 30.1. The second-order valence-electron chi connectivity index (χ2n) is 17.9. The molecule has 0 bridgehead atoms. The van der Waals surface area contributed by atoms with Crippen LogP contribution in [0.4, 0.5) is 5.69 Å². The molecule has 3 aromatic carbocycles.